The zero-order valence-corrected chi connectivity index (χ0v) is 13.7. The summed E-state index contributed by atoms with van der Waals surface area (Å²) in [5, 5.41) is 5.58. The number of aryl methyl sites for hydroxylation is 1. The van der Waals surface area contributed by atoms with Crippen LogP contribution in [0.1, 0.15) is 24.8 Å². The van der Waals surface area contributed by atoms with Crippen molar-refractivity contribution in [2.45, 2.75) is 26.2 Å². The Morgan fingerprint density at radius 2 is 1.95 bits per heavy atom. The number of thiazole rings is 1. The van der Waals surface area contributed by atoms with Gasteiger partial charge in [0.25, 0.3) is 0 Å². The van der Waals surface area contributed by atoms with Crippen LogP contribution in [0.4, 0.5) is 5.13 Å². The zero-order chi connectivity index (χ0) is 15.4. The molecule has 1 amide bonds. The van der Waals surface area contributed by atoms with Crippen LogP contribution in [0, 0.1) is 6.92 Å². The summed E-state index contributed by atoms with van der Waals surface area (Å²) in [7, 11) is 0. The third kappa shape index (κ3) is 3.93. The van der Waals surface area contributed by atoms with Gasteiger partial charge in [0.15, 0.2) is 5.13 Å². The van der Waals surface area contributed by atoms with Crippen LogP contribution in [0.2, 0.25) is 0 Å². The van der Waals surface area contributed by atoms with Crippen molar-refractivity contribution in [1.82, 2.24) is 9.88 Å². The van der Waals surface area contributed by atoms with Gasteiger partial charge in [-0.2, -0.15) is 0 Å². The van der Waals surface area contributed by atoms with Gasteiger partial charge in [0.05, 0.1) is 12.2 Å². The number of aromatic nitrogens is 1. The molecule has 1 aromatic heterocycles. The minimum atomic E-state index is 0.0340. The van der Waals surface area contributed by atoms with Crippen molar-refractivity contribution in [2.75, 3.05) is 25.0 Å². The van der Waals surface area contributed by atoms with Gasteiger partial charge in [0.2, 0.25) is 5.91 Å². The zero-order valence-electron chi connectivity index (χ0n) is 12.8. The molecule has 2 heterocycles. The summed E-state index contributed by atoms with van der Waals surface area (Å²) in [6, 6.07) is 8.26. The lowest BCUT2D eigenvalue weighted by Gasteiger charge is -2.25. The average Bonchev–Trinajstić information content (AvgIpc) is 2.97. The molecule has 4 nitrogen and oxygen atoms in total. The molecule has 1 aliphatic rings. The predicted octanol–water partition coefficient (Wildman–Crippen LogP) is 3.54. The number of amides is 1. The van der Waals surface area contributed by atoms with E-state index in [-0.39, 0.29) is 5.91 Å². The quantitative estimate of drug-likeness (QED) is 0.938. The van der Waals surface area contributed by atoms with Crippen LogP contribution in [-0.4, -0.2) is 35.4 Å². The molecule has 5 heteroatoms. The van der Waals surface area contributed by atoms with Crippen LogP contribution < -0.4 is 5.32 Å². The number of rotatable bonds is 4. The number of hydrogen-bond acceptors (Lipinski definition) is 4. The van der Waals surface area contributed by atoms with Crippen molar-refractivity contribution in [3.05, 3.63) is 35.2 Å². The number of anilines is 1. The van der Waals surface area contributed by atoms with Crippen LogP contribution in [0.5, 0.6) is 0 Å². The van der Waals surface area contributed by atoms with E-state index in [4.69, 9.17) is 0 Å². The van der Waals surface area contributed by atoms with Gasteiger partial charge in [-0.1, -0.05) is 36.2 Å². The van der Waals surface area contributed by atoms with E-state index < -0.39 is 0 Å². The molecular weight excluding hydrogens is 294 g/mol. The largest absolute Gasteiger partial charge is 0.301 e. The topological polar surface area (TPSA) is 45.2 Å². The lowest BCUT2D eigenvalue weighted by molar-refractivity contribution is -0.117. The molecule has 1 aliphatic heterocycles. The maximum Gasteiger partial charge on any atom is 0.240 e. The van der Waals surface area contributed by atoms with E-state index in [9.17, 15) is 4.79 Å². The maximum absolute atomic E-state index is 12.1. The Bertz CT molecular complexity index is 630. The molecule has 1 aromatic carbocycles. The number of benzene rings is 1. The van der Waals surface area contributed by atoms with Crippen LogP contribution in [0.15, 0.2) is 29.6 Å². The number of piperidine rings is 1. The Morgan fingerprint density at radius 3 is 2.68 bits per heavy atom. The highest BCUT2D eigenvalue weighted by atomic mass is 32.1. The first-order valence-electron chi connectivity index (χ1n) is 7.75. The highest BCUT2D eigenvalue weighted by molar-refractivity contribution is 7.14. The van der Waals surface area contributed by atoms with Gasteiger partial charge in [-0.15, -0.1) is 11.3 Å². The van der Waals surface area contributed by atoms with Gasteiger partial charge < -0.3 is 5.32 Å². The Morgan fingerprint density at radius 1 is 1.23 bits per heavy atom. The smallest absolute Gasteiger partial charge is 0.240 e. The molecule has 1 N–H and O–H groups in total. The second kappa shape index (κ2) is 7.03. The summed E-state index contributed by atoms with van der Waals surface area (Å²) < 4.78 is 0. The molecule has 0 aliphatic carbocycles. The van der Waals surface area contributed by atoms with Gasteiger partial charge in [0.1, 0.15) is 0 Å². The summed E-state index contributed by atoms with van der Waals surface area (Å²) >= 11 is 1.48. The second-order valence-electron chi connectivity index (χ2n) is 5.79. The van der Waals surface area contributed by atoms with Crippen LogP contribution >= 0.6 is 11.3 Å². The van der Waals surface area contributed by atoms with Crippen LogP contribution in [-0.2, 0) is 4.79 Å². The molecule has 0 saturated carbocycles. The summed E-state index contributed by atoms with van der Waals surface area (Å²) in [4.78, 5) is 18.8. The van der Waals surface area contributed by atoms with E-state index in [2.05, 4.69) is 46.4 Å². The van der Waals surface area contributed by atoms with Crippen molar-refractivity contribution in [3.63, 3.8) is 0 Å². The van der Waals surface area contributed by atoms with Crippen molar-refractivity contribution in [1.29, 1.82) is 0 Å². The van der Waals surface area contributed by atoms with E-state index in [1.54, 1.807) is 0 Å². The number of nitrogens with zero attached hydrogens (tertiary/aromatic N) is 2. The number of likely N-dealkylation sites (tertiary alicyclic amines) is 1. The van der Waals surface area contributed by atoms with E-state index in [0.29, 0.717) is 11.7 Å². The summed E-state index contributed by atoms with van der Waals surface area (Å²) in [6.07, 6.45) is 3.68. The van der Waals surface area contributed by atoms with E-state index in [1.165, 1.54) is 36.2 Å². The molecule has 22 heavy (non-hydrogen) atoms. The molecule has 3 rings (SSSR count). The normalized spacial score (nSPS) is 15.7. The van der Waals surface area contributed by atoms with Crippen molar-refractivity contribution >= 4 is 22.4 Å². The molecule has 0 radical (unpaired) electrons. The molecular formula is C17H21N3OS. The standard InChI is InChI=1S/C17H21N3OS/c1-13-5-7-14(8-6-13)15-12-22-17(18-15)19-16(21)11-20-9-3-2-4-10-20/h5-8,12H,2-4,9-11H2,1H3,(H,18,19,21). The Labute approximate surface area is 135 Å². The first-order chi connectivity index (χ1) is 10.7. The molecule has 0 unspecified atom stereocenters. The lowest BCUT2D eigenvalue weighted by atomic mass is 10.1. The van der Waals surface area contributed by atoms with Gasteiger partial charge in [-0.3, -0.25) is 9.69 Å². The minimum Gasteiger partial charge on any atom is -0.301 e. The fraction of sp³-hybridized carbons (Fsp3) is 0.412. The van der Waals surface area contributed by atoms with Gasteiger partial charge >= 0.3 is 0 Å². The fourth-order valence-corrected chi connectivity index (χ4v) is 3.40. The highest BCUT2D eigenvalue weighted by Crippen LogP contribution is 2.25. The SMILES string of the molecule is Cc1ccc(-c2csc(NC(=O)CN3CCCCC3)n2)cc1. The molecule has 0 bridgehead atoms. The Hall–Kier alpha value is -1.72. The summed E-state index contributed by atoms with van der Waals surface area (Å²) in [5.41, 5.74) is 3.23. The number of nitrogens with one attached hydrogen (secondary N) is 1. The molecule has 0 spiro atoms. The van der Waals surface area contributed by atoms with E-state index in [1.807, 2.05) is 5.38 Å². The van der Waals surface area contributed by atoms with Crippen LogP contribution in [0.25, 0.3) is 11.3 Å². The van der Waals surface area contributed by atoms with Crippen LogP contribution in [0.3, 0.4) is 0 Å². The summed E-state index contributed by atoms with van der Waals surface area (Å²) in [5.74, 6) is 0.0340. The van der Waals surface area contributed by atoms with Crippen molar-refractivity contribution < 1.29 is 4.79 Å². The third-order valence-corrected chi connectivity index (χ3v) is 4.67. The first kappa shape index (κ1) is 15.2. The minimum absolute atomic E-state index is 0.0340. The first-order valence-corrected chi connectivity index (χ1v) is 8.63. The van der Waals surface area contributed by atoms with E-state index in [0.717, 1.165) is 24.3 Å². The number of hydrogen-bond donors (Lipinski definition) is 1. The van der Waals surface area contributed by atoms with E-state index >= 15 is 0 Å². The molecule has 1 saturated heterocycles. The second-order valence-corrected chi connectivity index (χ2v) is 6.65. The van der Waals surface area contributed by atoms with Crippen molar-refractivity contribution in [3.8, 4) is 11.3 Å². The highest BCUT2D eigenvalue weighted by Gasteiger charge is 2.15. The van der Waals surface area contributed by atoms with Gasteiger partial charge in [0, 0.05) is 10.9 Å². The Kier molecular flexibility index (Phi) is 4.85. The third-order valence-electron chi connectivity index (χ3n) is 3.91. The Balaban J connectivity index is 1.59. The molecule has 1 fully saturated rings. The predicted molar refractivity (Wildman–Crippen MR) is 91.2 cm³/mol. The fourth-order valence-electron chi connectivity index (χ4n) is 2.67. The average molecular weight is 315 g/mol. The molecule has 0 atom stereocenters. The molecule has 2 aromatic rings. The van der Waals surface area contributed by atoms with Gasteiger partial charge in [-0.05, 0) is 32.9 Å². The number of carbonyl (C=O) groups excluding carboxylic acids is 1. The molecule has 116 valence electrons. The lowest BCUT2D eigenvalue weighted by Crippen LogP contribution is -2.36. The summed E-state index contributed by atoms with van der Waals surface area (Å²) in [6.45, 7) is 4.59. The van der Waals surface area contributed by atoms with Gasteiger partial charge in [-0.25, -0.2) is 4.98 Å². The van der Waals surface area contributed by atoms with Crippen molar-refractivity contribution in [2.24, 2.45) is 0 Å². The number of carbonyl (C=O) groups is 1. The maximum atomic E-state index is 12.1. The monoisotopic (exact) mass is 315 g/mol.